The first-order valence-electron chi connectivity index (χ1n) is 9.67. The Labute approximate surface area is 148 Å². The third-order valence-corrected chi connectivity index (χ3v) is 5.43. The summed E-state index contributed by atoms with van der Waals surface area (Å²) in [6, 6.07) is 0. The molecule has 4 nitrogen and oxygen atoms in total. The molecule has 4 heteroatoms. The number of aliphatic carboxylic acids is 2. The zero-order chi connectivity index (χ0) is 18.8. The molecule has 0 bridgehead atoms. The van der Waals surface area contributed by atoms with Crippen LogP contribution in [0.25, 0.3) is 0 Å². The number of carboxylic acid groups (broad SMARTS) is 2. The van der Waals surface area contributed by atoms with Crippen molar-refractivity contribution in [2.45, 2.75) is 92.4 Å². The Balaban J connectivity index is 4.92. The molecule has 0 spiro atoms. The van der Waals surface area contributed by atoms with Crippen molar-refractivity contribution in [2.75, 3.05) is 0 Å². The molecule has 2 N–H and O–H groups in total. The van der Waals surface area contributed by atoms with Crippen LogP contribution in [0.3, 0.4) is 0 Å². The number of carboxylic acids is 2. The van der Waals surface area contributed by atoms with E-state index in [-0.39, 0.29) is 11.8 Å². The van der Waals surface area contributed by atoms with E-state index in [1.165, 1.54) is 19.3 Å². The van der Waals surface area contributed by atoms with Crippen LogP contribution < -0.4 is 0 Å². The standard InChI is InChI=1S/C20H38O4/c1-6-7-8-9-10-11-12-16(4)20(18(21)22,19(23)24)17(5)14-13-15(2)3/h15-17H,6-14H2,1-5H3,(H,21,22)(H,23,24). The maximum Gasteiger partial charge on any atom is 0.321 e. The number of unbranched alkanes of at least 4 members (excludes halogenated alkanes) is 5. The van der Waals surface area contributed by atoms with Gasteiger partial charge in [-0.2, -0.15) is 0 Å². The molecule has 0 rings (SSSR count). The van der Waals surface area contributed by atoms with Crippen LogP contribution in [0.4, 0.5) is 0 Å². The Morgan fingerprint density at radius 1 is 0.750 bits per heavy atom. The van der Waals surface area contributed by atoms with Crippen LogP contribution >= 0.6 is 0 Å². The Hall–Kier alpha value is -1.06. The summed E-state index contributed by atoms with van der Waals surface area (Å²) in [5.74, 6) is -2.64. The van der Waals surface area contributed by atoms with Crippen molar-refractivity contribution in [3.63, 3.8) is 0 Å². The van der Waals surface area contributed by atoms with Crippen LogP contribution in [-0.4, -0.2) is 22.2 Å². The van der Waals surface area contributed by atoms with Gasteiger partial charge in [0.05, 0.1) is 0 Å². The highest BCUT2D eigenvalue weighted by atomic mass is 16.4. The molecule has 0 saturated heterocycles. The van der Waals surface area contributed by atoms with Crippen LogP contribution in [0.1, 0.15) is 92.4 Å². The van der Waals surface area contributed by atoms with Gasteiger partial charge in [0.25, 0.3) is 0 Å². The van der Waals surface area contributed by atoms with Gasteiger partial charge in [0.1, 0.15) is 0 Å². The lowest BCUT2D eigenvalue weighted by atomic mass is 9.64. The first-order chi connectivity index (χ1) is 11.2. The van der Waals surface area contributed by atoms with Crippen molar-refractivity contribution < 1.29 is 19.8 Å². The van der Waals surface area contributed by atoms with Gasteiger partial charge in [-0.15, -0.1) is 0 Å². The zero-order valence-electron chi connectivity index (χ0n) is 16.3. The Bertz CT molecular complexity index is 362. The summed E-state index contributed by atoms with van der Waals surface area (Å²) in [4.78, 5) is 24.0. The number of carbonyl (C=O) groups is 2. The molecular weight excluding hydrogens is 304 g/mol. The molecule has 2 unspecified atom stereocenters. The van der Waals surface area contributed by atoms with Crippen LogP contribution in [0, 0.1) is 23.2 Å². The first-order valence-corrected chi connectivity index (χ1v) is 9.67. The van der Waals surface area contributed by atoms with Gasteiger partial charge in [0.2, 0.25) is 0 Å². The number of rotatable bonds is 14. The fourth-order valence-electron chi connectivity index (χ4n) is 3.69. The quantitative estimate of drug-likeness (QED) is 0.318. The summed E-state index contributed by atoms with van der Waals surface area (Å²) >= 11 is 0. The van der Waals surface area contributed by atoms with Gasteiger partial charge in [-0.3, -0.25) is 9.59 Å². The molecule has 0 aliphatic rings. The molecule has 0 fully saturated rings. The van der Waals surface area contributed by atoms with E-state index < -0.39 is 17.4 Å². The molecule has 0 aromatic rings. The average Bonchev–Trinajstić information content (AvgIpc) is 2.48. The monoisotopic (exact) mass is 342 g/mol. The predicted octanol–water partition coefficient (Wildman–Crippen LogP) is 5.60. The number of hydrogen-bond acceptors (Lipinski definition) is 2. The molecule has 0 saturated carbocycles. The van der Waals surface area contributed by atoms with Crippen molar-refractivity contribution in [3.8, 4) is 0 Å². The van der Waals surface area contributed by atoms with E-state index in [9.17, 15) is 19.8 Å². The molecule has 0 aliphatic carbocycles. The normalized spacial score (nSPS) is 14.6. The highest BCUT2D eigenvalue weighted by molar-refractivity contribution is 5.99. The van der Waals surface area contributed by atoms with Gasteiger partial charge in [-0.05, 0) is 30.6 Å². The lowest BCUT2D eigenvalue weighted by Gasteiger charge is -2.37. The topological polar surface area (TPSA) is 74.6 Å². The van der Waals surface area contributed by atoms with Gasteiger partial charge in [-0.25, -0.2) is 0 Å². The molecule has 24 heavy (non-hydrogen) atoms. The summed E-state index contributed by atoms with van der Waals surface area (Å²) in [6.07, 6.45) is 8.90. The first kappa shape index (κ1) is 22.9. The van der Waals surface area contributed by atoms with E-state index in [1.54, 1.807) is 13.8 Å². The van der Waals surface area contributed by atoms with Gasteiger partial charge in [0, 0.05) is 0 Å². The third-order valence-electron chi connectivity index (χ3n) is 5.43. The predicted molar refractivity (Wildman–Crippen MR) is 98.1 cm³/mol. The molecule has 0 amide bonds. The molecule has 2 atom stereocenters. The second-order valence-electron chi connectivity index (χ2n) is 7.81. The Morgan fingerprint density at radius 3 is 1.67 bits per heavy atom. The third kappa shape index (κ3) is 6.45. The van der Waals surface area contributed by atoms with Gasteiger partial charge >= 0.3 is 11.9 Å². The Morgan fingerprint density at radius 2 is 1.21 bits per heavy atom. The summed E-state index contributed by atoms with van der Waals surface area (Å²) in [5, 5.41) is 19.6. The average molecular weight is 343 g/mol. The Kier molecular flexibility index (Phi) is 11.0. The van der Waals surface area contributed by atoms with Crippen LogP contribution in [0.5, 0.6) is 0 Å². The maximum atomic E-state index is 12.0. The molecule has 0 radical (unpaired) electrons. The van der Waals surface area contributed by atoms with E-state index in [0.717, 1.165) is 25.7 Å². The van der Waals surface area contributed by atoms with Gasteiger partial charge in [-0.1, -0.05) is 79.6 Å². The largest absolute Gasteiger partial charge is 0.480 e. The van der Waals surface area contributed by atoms with Gasteiger partial charge < -0.3 is 10.2 Å². The summed E-state index contributed by atoms with van der Waals surface area (Å²) < 4.78 is 0. The van der Waals surface area contributed by atoms with Crippen LogP contribution in [0.2, 0.25) is 0 Å². The molecule has 142 valence electrons. The second kappa shape index (κ2) is 11.5. The minimum absolute atomic E-state index is 0.360. The summed E-state index contributed by atoms with van der Waals surface area (Å²) in [7, 11) is 0. The fourth-order valence-corrected chi connectivity index (χ4v) is 3.69. The summed E-state index contributed by atoms with van der Waals surface area (Å²) in [5.41, 5.74) is -1.67. The molecule has 0 aliphatic heterocycles. The smallest absolute Gasteiger partial charge is 0.321 e. The number of hydrogen-bond donors (Lipinski definition) is 2. The summed E-state index contributed by atoms with van der Waals surface area (Å²) in [6.45, 7) is 9.93. The van der Waals surface area contributed by atoms with Crippen molar-refractivity contribution >= 4 is 11.9 Å². The highest BCUT2D eigenvalue weighted by Crippen LogP contribution is 2.42. The van der Waals surface area contributed by atoms with Crippen molar-refractivity contribution in [1.82, 2.24) is 0 Å². The molecule has 0 aromatic heterocycles. The molecule has 0 aromatic carbocycles. The van der Waals surface area contributed by atoms with Crippen molar-refractivity contribution in [2.24, 2.45) is 23.2 Å². The minimum Gasteiger partial charge on any atom is -0.480 e. The maximum absolute atomic E-state index is 12.0. The van der Waals surface area contributed by atoms with Crippen molar-refractivity contribution in [1.29, 1.82) is 0 Å². The SMILES string of the molecule is CCCCCCCCC(C)C(C(=O)O)(C(=O)O)C(C)CCC(C)C. The zero-order valence-corrected chi connectivity index (χ0v) is 16.3. The second-order valence-corrected chi connectivity index (χ2v) is 7.81. The molecular formula is C20H38O4. The van der Waals surface area contributed by atoms with E-state index >= 15 is 0 Å². The van der Waals surface area contributed by atoms with E-state index in [1.807, 2.05) is 0 Å². The molecule has 0 heterocycles. The van der Waals surface area contributed by atoms with Crippen molar-refractivity contribution in [3.05, 3.63) is 0 Å². The van der Waals surface area contributed by atoms with E-state index in [0.29, 0.717) is 18.8 Å². The lowest BCUT2D eigenvalue weighted by molar-refractivity contribution is -0.174. The van der Waals surface area contributed by atoms with E-state index in [4.69, 9.17) is 0 Å². The van der Waals surface area contributed by atoms with Gasteiger partial charge in [0.15, 0.2) is 5.41 Å². The van der Waals surface area contributed by atoms with Crippen LogP contribution in [-0.2, 0) is 9.59 Å². The van der Waals surface area contributed by atoms with E-state index in [2.05, 4.69) is 20.8 Å². The fraction of sp³-hybridized carbons (Fsp3) is 0.900. The highest BCUT2D eigenvalue weighted by Gasteiger charge is 2.54. The van der Waals surface area contributed by atoms with Crippen LogP contribution in [0.15, 0.2) is 0 Å². The lowest BCUT2D eigenvalue weighted by Crippen LogP contribution is -2.49. The minimum atomic E-state index is -1.67.